The van der Waals surface area contributed by atoms with Gasteiger partial charge in [-0.05, 0) is 29.7 Å². The van der Waals surface area contributed by atoms with Crippen LogP contribution in [-0.4, -0.2) is 27.8 Å². The highest BCUT2D eigenvalue weighted by Gasteiger charge is 2.10. The number of carbonyl (C=O) groups excluding carboxylic acids is 1. The Balaban J connectivity index is 3.01. The smallest absolute Gasteiger partial charge is 0.337 e. The molecule has 0 spiro atoms. The van der Waals surface area contributed by atoms with Crippen LogP contribution < -0.4 is 0 Å². The molecule has 1 rings (SSSR count). The fourth-order valence-corrected chi connectivity index (χ4v) is 1.81. The molecule has 1 aromatic carbocycles. The van der Waals surface area contributed by atoms with Crippen molar-refractivity contribution < 1.29 is 22.1 Å². The van der Waals surface area contributed by atoms with Crippen LogP contribution in [-0.2, 0) is 32.1 Å². The normalized spacial score (nSPS) is 11.3. The molecule has 0 heterocycles. The average molecular weight is 272 g/mol. The van der Waals surface area contributed by atoms with E-state index >= 15 is 0 Å². The van der Waals surface area contributed by atoms with Crippen LogP contribution in [0.25, 0.3) is 0 Å². The van der Waals surface area contributed by atoms with Crippen molar-refractivity contribution in [2.24, 2.45) is 0 Å². The van der Waals surface area contributed by atoms with Crippen LogP contribution in [0.2, 0.25) is 0 Å². The van der Waals surface area contributed by atoms with Crippen LogP contribution >= 0.6 is 0 Å². The lowest BCUT2D eigenvalue weighted by Gasteiger charge is -2.07. The second-order valence-corrected chi connectivity index (χ2v) is 5.49. The highest BCUT2D eigenvalue weighted by atomic mass is 32.2. The SMILES string of the molecule is CCc1cc(COS(C)(=O)=O)cc(C(=O)OC)c1. The molecule has 0 unspecified atom stereocenters. The fraction of sp³-hybridized carbons (Fsp3) is 0.417. The quantitative estimate of drug-likeness (QED) is 0.600. The van der Waals surface area contributed by atoms with Gasteiger partial charge >= 0.3 is 5.97 Å². The Hall–Kier alpha value is -1.40. The fourth-order valence-electron chi connectivity index (χ4n) is 1.46. The van der Waals surface area contributed by atoms with E-state index in [2.05, 4.69) is 4.74 Å². The number of rotatable bonds is 5. The van der Waals surface area contributed by atoms with Crippen LogP contribution in [0.3, 0.4) is 0 Å². The molecule has 0 aliphatic heterocycles. The summed E-state index contributed by atoms with van der Waals surface area (Å²) in [4.78, 5) is 11.5. The summed E-state index contributed by atoms with van der Waals surface area (Å²) in [7, 11) is -2.20. The summed E-state index contributed by atoms with van der Waals surface area (Å²) in [6.07, 6.45) is 1.72. The molecular weight excluding hydrogens is 256 g/mol. The van der Waals surface area contributed by atoms with Gasteiger partial charge in [0, 0.05) is 0 Å². The Kier molecular flexibility index (Phi) is 4.86. The maximum Gasteiger partial charge on any atom is 0.337 e. The second-order valence-electron chi connectivity index (χ2n) is 3.85. The van der Waals surface area contributed by atoms with E-state index in [0.717, 1.165) is 18.2 Å². The van der Waals surface area contributed by atoms with Gasteiger partial charge in [0.25, 0.3) is 10.1 Å². The van der Waals surface area contributed by atoms with Crippen molar-refractivity contribution in [2.75, 3.05) is 13.4 Å². The van der Waals surface area contributed by atoms with Gasteiger partial charge in [-0.3, -0.25) is 4.18 Å². The van der Waals surface area contributed by atoms with Gasteiger partial charge < -0.3 is 4.74 Å². The van der Waals surface area contributed by atoms with Crippen molar-refractivity contribution in [2.45, 2.75) is 20.0 Å². The molecule has 0 bridgehead atoms. The van der Waals surface area contributed by atoms with Crippen LogP contribution in [0.4, 0.5) is 0 Å². The number of esters is 1. The Labute approximate surface area is 107 Å². The minimum absolute atomic E-state index is 0.0866. The highest BCUT2D eigenvalue weighted by Crippen LogP contribution is 2.14. The molecule has 5 nitrogen and oxygen atoms in total. The lowest BCUT2D eigenvalue weighted by atomic mass is 10.0. The molecule has 0 saturated carbocycles. The molecule has 0 aromatic heterocycles. The van der Waals surface area contributed by atoms with E-state index in [1.807, 2.05) is 6.92 Å². The third kappa shape index (κ3) is 4.46. The van der Waals surface area contributed by atoms with Gasteiger partial charge in [-0.25, -0.2) is 4.79 Å². The first-order valence-corrected chi connectivity index (χ1v) is 7.23. The second kappa shape index (κ2) is 5.97. The number of hydrogen-bond donors (Lipinski definition) is 0. The molecule has 0 aliphatic carbocycles. The minimum Gasteiger partial charge on any atom is -0.465 e. The predicted molar refractivity (Wildman–Crippen MR) is 66.8 cm³/mol. The van der Waals surface area contributed by atoms with E-state index in [1.165, 1.54) is 7.11 Å². The molecule has 18 heavy (non-hydrogen) atoms. The highest BCUT2D eigenvalue weighted by molar-refractivity contribution is 7.85. The van der Waals surface area contributed by atoms with Gasteiger partial charge in [0.1, 0.15) is 0 Å². The number of hydrogen-bond acceptors (Lipinski definition) is 5. The molecule has 0 atom stereocenters. The van der Waals surface area contributed by atoms with Gasteiger partial charge in [-0.1, -0.05) is 13.0 Å². The molecule has 100 valence electrons. The van der Waals surface area contributed by atoms with E-state index in [4.69, 9.17) is 4.18 Å². The number of aryl methyl sites for hydroxylation is 1. The van der Waals surface area contributed by atoms with Crippen molar-refractivity contribution in [1.82, 2.24) is 0 Å². The number of methoxy groups -OCH3 is 1. The van der Waals surface area contributed by atoms with Gasteiger partial charge in [0.15, 0.2) is 0 Å². The number of ether oxygens (including phenoxy) is 1. The van der Waals surface area contributed by atoms with Crippen LogP contribution in [0.1, 0.15) is 28.4 Å². The molecule has 0 fully saturated rings. The topological polar surface area (TPSA) is 69.7 Å². The minimum atomic E-state index is -3.50. The Bertz CT molecular complexity index is 533. The van der Waals surface area contributed by atoms with E-state index < -0.39 is 16.1 Å². The van der Waals surface area contributed by atoms with E-state index in [-0.39, 0.29) is 6.61 Å². The van der Waals surface area contributed by atoms with Crippen molar-refractivity contribution >= 4 is 16.1 Å². The molecule has 0 amide bonds. The van der Waals surface area contributed by atoms with Gasteiger partial charge in [0.05, 0.1) is 25.5 Å². The first-order valence-electron chi connectivity index (χ1n) is 5.41. The van der Waals surface area contributed by atoms with Gasteiger partial charge in [0.2, 0.25) is 0 Å². The van der Waals surface area contributed by atoms with Crippen molar-refractivity contribution in [3.8, 4) is 0 Å². The van der Waals surface area contributed by atoms with Gasteiger partial charge in [-0.2, -0.15) is 8.42 Å². The zero-order chi connectivity index (χ0) is 13.8. The summed E-state index contributed by atoms with van der Waals surface area (Å²) in [5.74, 6) is -0.453. The molecule has 6 heteroatoms. The van der Waals surface area contributed by atoms with Crippen LogP contribution in [0, 0.1) is 0 Å². The Morgan fingerprint density at radius 2 is 1.83 bits per heavy atom. The van der Waals surface area contributed by atoms with Crippen molar-refractivity contribution in [1.29, 1.82) is 0 Å². The van der Waals surface area contributed by atoms with Crippen LogP contribution in [0.15, 0.2) is 18.2 Å². The third-order valence-corrected chi connectivity index (χ3v) is 2.87. The summed E-state index contributed by atoms with van der Waals surface area (Å²) in [5, 5.41) is 0. The maximum absolute atomic E-state index is 11.5. The molecule has 0 saturated heterocycles. The van der Waals surface area contributed by atoms with Crippen LogP contribution in [0.5, 0.6) is 0 Å². The Morgan fingerprint density at radius 3 is 2.33 bits per heavy atom. The molecule has 0 radical (unpaired) electrons. The number of carbonyl (C=O) groups is 1. The van der Waals surface area contributed by atoms with Crippen molar-refractivity contribution in [3.63, 3.8) is 0 Å². The largest absolute Gasteiger partial charge is 0.465 e. The monoisotopic (exact) mass is 272 g/mol. The molecule has 1 aromatic rings. The zero-order valence-electron chi connectivity index (χ0n) is 10.6. The van der Waals surface area contributed by atoms with Crippen molar-refractivity contribution in [3.05, 3.63) is 34.9 Å². The summed E-state index contributed by atoms with van der Waals surface area (Å²) in [5.41, 5.74) is 1.94. The lowest BCUT2D eigenvalue weighted by molar-refractivity contribution is 0.0600. The molecule has 0 aliphatic rings. The lowest BCUT2D eigenvalue weighted by Crippen LogP contribution is -2.06. The summed E-state index contributed by atoms with van der Waals surface area (Å²) in [6.45, 7) is 1.86. The van der Waals surface area contributed by atoms with E-state index in [1.54, 1.807) is 18.2 Å². The maximum atomic E-state index is 11.5. The third-order valence-electron chi connectivity index (χ3n) is 2.32. The Morgan fingerprint density at radius 1 is 1.22 bits per heavy atom. The molecule has 0 N–H and O–H groups in total. The number of benzene rings is 1. The van der Waals surface area contributed by atoms with Gasteiger partial charge in [-0.15, -0.1) is 0 Å². The zero-order valence-corrected chi connectivity index (χ0v) is 11.4. The molecular formula is C12H16O5S. The summed E-state index contributed by atoms with van der Waals surface area (Å²) in [6, 6.07) is 5.09. The van der Waals surface area contributed by atoms with E-state index in [0.29, 0.717) is 11.1 Å². The first kappa shape index (κ1) is 14.7. The first-order chi connectivity index (χ1) is 8.35. The standard InChI is InChI=1S/C12H16O5S/c1-4-9-5-10(8-17-18(3,14)15)7-11(6-9)12(13)16-2/h5-7H,4,8H2,1-3H3. The summed E-state index contributed by atoms with van der Waals surface area (Å²) >= 11 is 0. The van der Waals surface area contributed by atoms with E-state index in [9.17, 15) is 13.2 Å². The predicted octanol–water partition coefficient (Wildman–Crippen LogP) is 1.51. The summed E-state index contributed by atoms with van der Waals surface area (Å²) < 4.78 is 31.2. The average Bonchev–Trinajstić information content (AvgIpc) is 2.34.